The summed E-state index contributed by atoms with van der Waals surface area (Å²) in [5.41, 5.74) is 0. The summed E-state index contributed by atoms with van der Waals surface area (Å²) < 4.78 is 0. The maximum atomic E-state index is 5.31. The minimum atomic E-state index is 0. The molecule has 0 fully saturated rings. The van der Waals surface area contributed by atoms with Gasteiger partial charge in [0.25, 0.3) is 0 Å². The van der Waals surface area contributed by atoms with Crippen LogP contribution in [0.2, 0.25) is 0 Å². The average molecular weight is 206 g/mol. The fraction of sp³-hybridized carbons (Fsp3) is 1.00. The summed E-state index contributed by atoms with van der Waals surface area (Å²) in [6.07, 6.45) is 0. The van der Waals surface area contributed by atoms with Crippen molar-refractivity contribution in [3.63, 3.8) is 0 Å². The van der Waals surface area contributed by atoms with Gasteiger partial charge in [-0.2, -0.15) is 0 Å². The van der Waals surface area contributed by atoms with Crippen LogP contribution in [0.3, 0.4) is 0 Å². The minimum Gasteiger partial charge on any atom is -0.269 e. The zero-order chi connectivity index (χ0) is 4.99. The molecule has 0 spiro atoms. The highest BCUT2D eigenvalue weighted by molar-refractivity contribution is 8.93. The van der Waals surface area contributed by atoms with Gasteiger partial charge in [-0.3, -0.25) is 5.84 Å². The van der Waals surface area contributed by atoms with Gasteiger partial charge in [0.05, 0.1) is 0 Å². The van der Waals surface area contributed by atoms with E-state index >= 15 is 0 Å². The molecule has 2 nitrogen and oxygen atoms in total. The van der Waals surface area contributed by atoms with Crippen molar-refractivity contribution >= 4 is 29.4 Å². The molecule has 0 aromatic carbocycles. The second-order valence-electron chi connectivity index (χ2n) is 1.22. The third kappa shape index (κ3) is 9.85. The molecule has 0 aromatic heterocycles. The Kier molecular flexibility index (Phi) is 21.1. The molecule has 0 aliphatic rings. The largest absolute Gasteiger partial charge is 0.269 e. The van der Waals surface area contributed by atoms with Crippen molar-refractivity contribution in [2.45, 2.75) is 13.8 Å². The second kappa shape index (κ2) is 10.6. The fourth-order valence-electron chi connectivity index (χ4n) is 0.224. The van der Waals surface area contributed by atoms with E-state index in [1.165, 1.54) is 0 Å². The summed E-state index contributed by atoms with van der Waals surface area (Å²) >= 11 is 0. The Morgan fingerprint density at radius 1 is 1.25 bits per heavy atom. The smallest absolute Gasteiger partial charge is 0.00996 e. The summed E-state index contributed by atoms with van der Waals surface area (Å²) in [6.45, 7) is 5.94. The lowest BCUT2D eigenvalue weighted by atomic mass is 10.6. The summed E-state index contributed by atoms with van der Waals surface area (Å²) in [5, 5.41) is 1.75. The van der Waals surface area contributed by atoms with Crippen LogP contribution in [0.25, 0.3) is 0 Å². The molecule has 0 amide bonds. The first-order valence-corrected chi connectivity index (χ1v) is 2.30. The molecule has 0 unspecified atom stereocenters. The van der Waals surface area contributed by atoms with Crippen LogP contribution in [0.1, 0.15) is 13.8 Å². The van der Waals surface area contributed by atoms with Gasteiger partial charge in [0.1, 0.15) is 0 Å². The number of nitrogens with zero attached hydrogens (tertiary/aromatic N) is 1. The molecule has 0 saturated carbocycles. The van der Waals surface area contributed by atoms with Crippen LogP contribution < -0.4 is 5.84 Å². The monoisotopic (exact) mass is 204 g/mol. The van der Waals surface area contributed by atoms with Gasteiger partial charge in [-0.15, -0.1) is 29.4 Å². The van der Waals surface area contributed by atoms with E-state index in [2.05, 4.69) is 0 Å². The Hall–Kier alpha value is 0.690. The molecule has 4 heteroatoms. The highest BCUT2D eigenvalue weighted by atomic mass is 79.9. The Morgan fingerprint density at radius 2 is 1.50 bits per heavy atom. The highest BCUT2D eigenvalue weighted by Gasteiger charge is 1.82. The summed E-state index contributed by atoms with van der Waals surface area (Å²) in [6, 6.07) is 0. The van der Waals surface area contributed by atoms with E-state index in [1.54, 1.807) is 5.01 Å². The Bertz CT molecular complexity index is 33.2. The minimum absolute atomic E-state index is 0. The van der Waals surface area contributed by atoms with Crippen molar-refractivity contribution in [2.24, 2.45) is 5.84 Å². The molecule has 54 valence electrons. The number of rotatable bonds is 2. The maximum absolute atomic E-state index is 5.31. The SMILES string of the molecule is Br.CCN(N)CC.Cl. The first-order chi connectivity index (χ1) is 2.81. The van der Waals surface area contributed by atoms with E-state index in [0.717, 1.165) is 13.1 Å². The van der Waals surface area contributed by atoms with Gasteiger partial charge in [0, 0.05) is 13.1 Å². The normalized spacial score (nSPS) is 7.50. The van der Waals surface area contributed by atoms with E-state index in [-0.39, 0.29) is 29.4 Å². The molecule has 0 saturated heterocycles. The molecular weight excluding hydrogens is 191 g/mol. The predicted octanol–water partition coefficient (Wildman–Crippen LogP) is 1.20. The molecule has 0 aliphatic heterocycles. The molecule has 8 heavy (non-hydrogen) atoms. The zero-order valence-corrected chi connectivity index (χ0v) is 7.78. The average Bonchev–Trinajstić information content (AvgIpc) is 1.65. The van der Waals surface area contributed by atoms with Crippen LogP contribution in [0.5, 0.6) is 0 Å². The van der Waals surface area contributed by atoms with Gasteiger partial charge in [0.15, 0.2) is 0 Å². The van der Waals surface area contributed by atoms with Crippen molar-refractivity contribution in [3.8, 4) is 0 Å². The summed E-state index contributed by atoms with van der Waals surface area (Å²) in [5.74, 6) is 5.31. The lowest BCUT2D eigenvalue weighted by Gasteiger charge is -2.07. The van der Waals surface area contributed by atoms with Crippen LogP contribution in [0.4, 0.5) is 0 Å². The van der Waals surface area contributed by atoms with Gasteiger partial charge >= 0.3 is 0 Å². The zero-order valence-electron chi connectivity index (χ0n) is 5.26. The molecule has 0 atom stereocenters. The van der Waals surface area contributed by atoms with Gasteiger partial charge in [-0.1, -0.05) is 13.8 Å². The molecule has 0 aliphatic carbocycles. The second-order valence-corrected chi connectivity index (χ2v) is 1.22. The lowest BCUT2D eigenvalue weighted by molar-refractivity contribution is 0.316. The molecule has 0 heterocycles. The van der Waals surface area contributed by atoms with Crippen LogP contribution >= 0.6 is 29.4 Å². The Morgan fingerprint density at radius 3 is 1.50 bits per heavy atom. The highest BCUT2D eigenvalue weighted by Crippen LogP contribution is 1.68. The Balaban J connectivity index is -0.000000125. The molecule has 0 aromatic rings. The molecular formula is C4H14BrClN2. The third-order valence-corrected chi connectivity index (χ3v) is 0.812. The van der Waals surface area contributed by atoms with Crippen molar-refractivity contribution < 1.29 is 0 Å². The number of halogens is 2. The van der Waals surface area contributed by atoms with Crippen molar-refractivity contribution in [1.82, 2.24) is 5.01 Å². The van der Waals surface area contributed by atoms with Crippen LogP contribution in [-0.2, 0) is 0 Å². The van der Waals surface area contributed by atoms with E-state index < -0.39 is 0 Å². The van der Waals surface area contributed by atoms with E-state index in [1.807, 2.05) is 13.8 Å². The first kappa shape index (κ1) is 15.9. The van der Waals surface area contributed by atoms with Crippen molar-refractivity contribution in [3.05, 3.63) is 0 Å². The Labute approximate surface area is 67.6 Å². The lowest BCUT2D eigenvalue weighted by Crippen LogP contribution is -2.29. The number of nitrogens with two attached hydrogens (primary N) is 1. The van der Waals surface area contributed by atoms with Gasteiger partial charge < -0.3 is 0 Å². The van der Waals surface area contributed by atoms with Crippen molar-refractivity contribution in [2.75, 3.05) is 13.1 Å². The fourth-order valence-corrected chi connectivity index (χ4v) is 0.224. The van der Waals surface area contributed by atoms with Crippen LogP contribution in [0, 0.1) is 0 Å². The van der Waals surface area contributed by atoms with E-state index in [9.17, 15) is 0 Å². The molecule has 0 rings (SSSR count). The van der Waals surface area contributed by atoms with E-state index in [4.69, 9.17) is 5.84 Å². The number of hydrogen-bond acceptors (Lipinski definition) is 2. The van der Waals surface area contributed by atoms with Crippen LogP contribution in [0.15, 0.2) is 0 Å². The maximum Gasteiger partial charge on any atom is 0.00996 e. The number of hydrogen-bond donors (Lipinski definition) is 1. The van der Waals surface area contributed by atoms with Gasteiger partial charge in [-0.25, -0.2) is 5.01 Å². The first-order valence-electron chi connectivity index (χ1n) is 2.30. The summed E-state index contributed by atoms with van der Waals surface area (Å²) in [7, 11) is 0. The van der Waals surface area contributed by atoms with Gasteiger partial charge in [-0.05, 0) is 0 Å². The standard InChI is InChI=1S/C4H12N2.BrH.ClH/c1-3-6(5)4-2;;/h3-5H2,1-2H3;2*1H. The van der Waals surface area contributed by atoms with E-state index in [0.29, 0.717) is 0 Å². The topological polar surface area (TPSA) is 29.3 Å². The predicted molar refractivity (Wildman–Crippen MR) is 44.7 cm³/mol. The molecule has 0 radical (unpaired) electrons. The van der Waals surface area contributed by atoms with Crippen molar-refractivity contribution in [1.29, 1.82) is 0 Å². The van der Waals surface area contributed by atoms with Crippen LogP contribution in [-0.4, -0.2) is 18.1 Å². The summed E-state index contributed by atoms with van der Waals surface area (Å²) in [4.78, 5) is 0. The molecule has 0 bridgehead atoms. The van der Waals surface area contributed by atoms with Gasteiger partial charge in [0.2, 0.25) is 0 Å². The quantitative estimate of drug-likeness (QED) is 0.542. The number of hydrazine groups is 1. The molecule has 2 N–H and O–H groups in total. The third-order valence-electron chi connectivity index (χ3n) is 0.812.